The van der Waals surface area contributed by atoms with Crippen LogP contribution in [0.3, 0.4) is 0 Å². The largest absolute Gasteiger partial charge is 0.464 e. The molecule has 5 heteroatoms. The zero-order chi connectivity index (χ0) is 11.6. The molecule has 2 rings (SSSR count). The summed E-state index contributed by atoms with van der Waals surface area (Å²) in [6.07, 6.45) is 3.27. The van der Waals surface area contributed by atoms with E-state index in [1.165, 1.54) is 0 Å². The molecule has 0 aromatic carbocycles. The lowest BCUT2D eigenvalue weighted by Crippen LogP contribution is -2.50. The summed E-state index contributed by atoms with van der Waals surface area (Å²) >= 11 is 0. The lowest BCUT2D eigenvalue weighted by Gasteiger charge is -2.18. The van der Waals surface area contributed by atoms with E-state index in [9.17, 15) is 9.59 Å². The smallest absolute Gasteiger partial charge is 0.331 e. The van der Waals surface area contributed by atoms with Crippen LogP contribution in [0.15, 0.2) is 0 Å². The minimum Gasteiger partial charge on any atom is -0.464 e. The van der Waals surface area contributed by atoms with Crippen molar-refractivity contribution in [1.29, 1.82) is 0 Å². The van der Waals surface area contributed by atoms with E-state index in [2.05, 4.69) is 10.6 Å². The van der Waals surface area contributed by atoms with Crippen LogP contribution in [-0.2, 0) is 14.3 Å². The SMILES string of the molecule is CCOC(=O)C1(NC(=O)[C@@H]2CCCN2)CC1. The van der Waals surface area contributed by atoms with Crippen LogP contribution < -0.4 is 10.6 Å². The van der Waals surface area contributed by atoms with E-state index in [-0.39, 0.29) is 17.9 Å². The van der Waals surface area contributed by atoms with E-state index < -0.39 is 5.54 Å². The Labute approximate surface area is 94.9 Å². The van der Waals surface area contributed by atoms with E-state index in [4.69, 9.17) is 4.74 Å². The topological polar surface area (TPSA) is 67.4 Å². The number of amides is 1. The highest BCUT2D eigenvalue weighted by atomic mass is 16.5. The predicted molar refractivity (Wildman–Crippen MR) is 57.8 cm³/mol. The van der Waals surface area contributed by atoms with Gasteiger partial charge < -0.3 is 15.4 Å². The third-order valence-corrected chi connectivity index (χ3v) is 3.16. The molecule has 5 nitrogen and oxygen atoms in total. The number of hydrogen-bond donors (Lipinski definition) is 2. The van der Waals surface area contributed by atoms with Gasteiger partial charge in [-0.15, -0.1) is 0 Å². The van der Waals surface area contributed by atoms with Crippen molar-refractivity contribution in [3.8, 4) is 0 Å². The summed E-state index contributed by atoms with van der Waals surface area (Å²) in [7, 11) is 0. The molecule has 0 aromatic heterocycles. The van der Waals surface area contributed by atoms with Gasteiger partial charge in [-0.3, -0.25) is 4.79 Å². The molecule has 1 heterocycles. The van der Waals surface area contributed by atoms with Crippen molar-refractivity contribution >= 4 is 11.9 Å². The van der Waals surface area contributed by atoms with Gasteiger partial charge in [0.25, 0.3) is 0 Å². The lowest BCUT2D eigenvalue weighted by molar-refractivity contribution is -0.149. The number of nitrogens with one attached hydrogen (secondary N) is 2. The highest BCUT2D eigenvalue weighted by Crippen LogP contribution is 2.36. The molecule has 1 saturated heterocycles. The van der Waals surface area contributed by atoms with Gasteiger partial charge >= 0.3 is 5.97 Å². The number of carbonyl (C=O) groups excluding carboxylic acids is 2. The molecule has 2 fully saturated rings. The molecule has 1 aliphatic heterocycles. The Morgan fingerprint density at radius 1 is 1.50 bits per heavy atom. The average Bonchev–Trinajstić information content (AvgIpc) is 2.83. The molecule has 2 aliphatic rings. The van der Waals surface area contributed by atoms with Crippen LogP contribution >= 0.6 is 0 Å². The van der Waals surface area contributed by atoms with E-state index in [0.717, 1.165) is 19.4 Å². The quantitative estimate of drug-likeness (QED) is 0.660. The molecular weight excluding hydrogens is 208 g/mol. The van der Waals surface area contributed by atoms with Crippen LogP contribution in [0.1, 0.15) is 32.6 Å². The Morgan fingerprint density at radius 2 is 2.25 bits per heavy atom. The number of hydrogen-bond acceptors (Lipinski definition) is 4. The van der Waals surface area contributed by atoms with Crippen LogP contribution in [0.5, 0.6) is 0 Å². The second kappa shape index (κ2) is 4.41. The molecule has 1 aliphatic carbocycles. The van der Waals surface area contributed by atoms with Crippen LogP contribution in [0.4, 0.5) is 0 Å². The first-order valence-electron chi connectivity index (χ1n) is 5.90. The van der Waals surface area contributed by atoms with Gasteiger partial charge in [0.1, 0.15) is 5.54 Å². The number of ether oxygens (including phenoxy) is 1. The average molecular weight is 226 g/mol. The monoisotopic (exact) mass is 226 g/mol. The minimum atomic E-state index is -0.711. The van der Waals surface area contributed by atoms with Gasteiger partial charge in [-0.2, -0.15) is 0 Å². The molecule has 90 valence electrons. The van der Waals surface area contributed by atoms with Crippen LogP contribution in [-0.4, -0.2) is 36.6 Å². The molecule has 0 aromatic rings. The molecule has 0 unspecified atom stereocenters. The van der Waals surface area contributed by atoms with E-state index in [0.29, 0.717) is 19.4 Å². The van der Waals surface area contributed by atoms with Crippen molar-refractivity contribution in [2.45, 2.75) is 44.2 Å². The Kier molecular flexibility index (Phi) is 3.14. The van der Waals surface area contributed by atoms with E-state index in [1.54, 1.807) is 6.92 Å². The van der Waals surface area contributed by atoms with Crippen molar-refractivity contribution in [2.75, 3.05) is 13.2 Å². The fraction of sp³-hybridized carbons (Fsp3) is 0.818. The fourth-order valence-electron chi connectivity index (χ4n) is 2.01. The van der Waals surface area contributed by atoms with Gasteiger partial charge in [-0.05, 0) is 39.2 Å². The Morgan fingerprint density at radius 3 is 2.75 bits per heavy atom. The highest BCUT2D eigenvalue weighted by molar-refractivity contribution is 5.92. The second-order valence-corrected chi connectivity index (χ2v) is 4.44. The van der Waals surface area contributed by atoms with Gasteiger partial charge in [-0.1, -0.05) is 0 Å². The molecular formula is C11H18N2O3. The lowest BCUT2D eigenvalue weighted by atomic mass is 10.2. The maximum atomic E-state index is 11.8. The van der Waals surface area contributed by atoms with Crippen molar-refractivity contribution in [3.05, 3.63) is 0 Å². The molecule has 16 heavy (non-hydrogen) atoms. The summed E-state index contributed by atoms with van der Waals surface area (Å²) in [5.41, 5.74) is -0.711. The van der Waals surface area contributed by atoms with Gasteiger partial charge in [0.05, 0.1) is 12.6 Å². The third kappa shape index (κ3) is 2.19. The first-order chi connectivity index (χ1) is 7.68. The predicted octanol–water partition coefficient (Wildman–Crippen LogP) is -0.0497. The zero-order valence-electron chi connectivity index (χ0n) is 9.54. The Hall–Kier alpha value is -1.10. The summed E-state index contributed by atoms with van der Waals surface area (Å²) < 4.78 is 4.96. The third-order valence-electron chi connectivity index (χ3n) is 3.16. The minimum absolute atomic E-state index is 0.0666. The molecule has 0 spiro atoms. The highest BCUT2D eigenvalue weighted by Gasteiger charge is 2.53. The fourth-order valence-corrected chi connectivity index (χ4v) is 2.01. The van der Waals surface area contributed by atoms with Crippen molar-refractivity contribution < 1.29 is 14.3 Å². The van der Waals surface area contributed by atoms with E-state index >= 15 is 0 Å². The molecule has 1 amide bonds. The molecule has 0 bridgehead atoms. The normalized spacial score (nSPS) is 26.2. The van der Waals surface area contributed by atoms with Gasteiger partial charge in [0.2, 0.25) is 5.91 Å². The van der Waals surface area contributed by atoms with Gasteiger partial charge in [0, 0.05) is 0 Å². The molecule has 1 saturated carbocycles. The number of esters is 1. The van der Waals surface area contributed by atoms with Crippen molar-refractivity contribution in [2.24, 2.45) is 0 Å². The maximum Gasteiger partial charge on any atom is 0.331 e. The molecule has 2 N–H and O–H groups in total. The van der Waals surface area contributed by atoms with Gasteiger partial charge in [0.15, 0.2) is 0 Å². The van der Waals surface area contributed by atoms with E-state index in [1.807, 2.05) is 0 Å². The van der Waals surface area contributed by atoms with Crippen LogP contribution in [0, 0.1) is 0 Å². The molecule has 1 atom stereocenters. The summed E-state index contributed by atoms with van der Waals surface area (Å²) in [6, 6.07) is -0.132. The van der Waals surface area contributed by atoms with Gasteiger partial charge in [-0.25, -0.2) is 4.79 Å². The summed E-state index contributed by atoms with van der Waals surface area (Å²) in [4.78, 5) is 23.4. The standard InChI is InChI=1S/C11H18N2O3/c1-2-16-10(15)11(5-6-11)13-9(14)8-4-3-7-12-8/h8,12H,2-7H2,1H3,(H,13,14)/t8-/m0/s1. The maximum absolute atomic E-state index is 11.8. The Balaban J connectivity index is 1.88. The summed E-state index contributed by atoms with van der Waals surface area (Å²) in [6.45, 7) is 3.01. The Bertz CT molecular complexity index is 294. The first kappa shape index (κ1) is 11.4. The number of rotatable bonds is 4. The number of carbonyl (C=O) groups is 2. The zero-order valence-corrected chi connectivity index (χ0v) is 9.54. The van der Waals surface area contributed by atoms with Crippen molar-refractivity contribution in [3.63, 3.8) is 0 Å². The molecule has 0 radical (unpaired) electrons. The summed E-state index contributed by atoms with van der Waals surface area (Å²) in [5.74, 6) is -0.357. The van der Waals surface area contributed by atoms with Crippen molar-refractivity contribution in [1.82, 2.24) is 10.6 Å². The summed E-state index contributed by atoms with van der Waals surface area (Å²) in [5, 5.41) is 5.93. The van der Waals surface area contributed by atoms with Crippen LogP contribution in [0.25, 0.3) is 0 Å². The second-order valence-electron chi connectivity index (χ2n) is 4.44. The first-order valence-corrected chi connectivity index (χ1v) is 5.90. The van der Waals surface area contributed by atoms with Crippen LogP contribution in [0.2, 0.25) is 0 Å².